The Morgan fingerprint density at radius 1 is 1.12 bits per heavy atom. The molecule has 5 rings (SSSR count). The number of carbonyl (C=O) groups is 1. The fourth-order valence-corrected chi connectivity index (χ4v) is 5.52. The van der Waals surface area contributed by atoms with Crippen LogP contribution in [0.4, 0.5) is 28.0 Å². The van der Waals surface area contributed by atoms with Gasteiger partial charge in [0.15, 0.2) is 0 Å². The second-order valence-electron chi connectivity index (χ2n) is 9.95. The summed E-state index contributed by atoms with van der Waals surface area (Å²) in [4.78, 5) is 20.8. The van der Waals surface area contributed by atoms with Crippen LogP contribution in [0.25, 0.3) is 6.08 Å². The van der Waals surface area contributed by atoms with Crippen LogP contribution >= 0.6 is 11.6 Å². The lowest BCUT2D eigenvalue weighted by Crippen LogP contribution is -2.47. The minimum Gasteiger partial charge on any atom is -0.406 e. The van der Waals surface area contributed by atoms with Crippen LogP contribution in [0.1, 0.15) is 29.5 Å². The van der Waals surface area contributed by atoms with Crippen molar-refractivity contribution in [1.82, 2.24) is 15.2 Å². The topological polar surface area (TPSA) is 57.7 Å². The van der Waals surface area contributed by atoms with Gasteiger partial charge in [0.1, 0.15) is 5.75 Å². The summed E-state index contributed by atoms with van der Waals surface area (Å²) in [6, 6.07) is 13.9. The summed E-state index contributed by atoms with van der Waals surface area (Å²) in [7, 11) is 0. The lowest BCUT2D eigenvalue weighted by Gasteiger charge is -2.35. The van der Waals surface area contributed by atoms with Gasteiger partial charge in [-0.25, -0.2) is 9.78 Å². The number of pyridine rings is 1. The number of carbonyl (C=O) groups excluding carboxylic acids is 1. The zero-order chi connectivity index (χ0) is 28.3. The third-order valence-electron chi connectivity index (χ3n) is 7.26. The molecule has 1 fully saturated rings. The molecule has 0 radical (unpaired) electrons. The Bertz CT molecular complexity index is 1390. The summed E-state index contributed by atoms with van der Waals surface area (Å²) in [6.07, 6.45) is 1.57. The molecular formula is C29H27ClF4N4O2. The van der Waals surface area contributed by atoms with Gasteiger partial charge in [-0.05, 0) is 73.0 Å². The quantitative estimate of drug-likeness (QED) is 0.268. The van der Waals surface area contributed by atoms with Gasteiger partial charge < -0.3 is 15.0 Å². The number of nitrogens with zero attached hydrogens (tertiary/aromatic N) is 3. The first-order chi connectivity index (χ1) is 19.1. The molecule has 11 heteroatoms. The average molecular weight is 575 g/mol. The van der Waals surface area contributed by atoms with Crippen molar-refractivity contribution in [3.8, 4) is 5.75 Å². The molecule has 6 nitrogen and oxygen atoms in total. The number of aromatic nitrogens is 1. The molecule has 0 bridgehead atoms. The highest BCUT2D eigenvalue weighted by molar-refractivity contribution is 6.30. The van der Waals surface area contributed by atoms with Crippen LogP contribution in [-0.2, 0) is 12.0 Å². The van der Waals surface area contributed by atoms with E-state index < -0.39 is 18.3 Å². The van der Waals surface area contributed by atoms with Crippen LogP contribution in [0, 0.1) is 5.95 Å². The molecule has 2 aliphatic heterocycles. The molecule has 0 aliphatic carbocycles. The predicted molar refractivity (Wildman–Crippen MR) is 145 cm³/mol. The van der Waals surface area contributed by atoms with E-state index in [-0.39, 0.29) is 24.3 Å². The van der Waals surface area contributed by atoms with Crippen molar-refractivity contribution >= 4 is 29.4 Å². The zero-order valence-corrected chi connectivity index (χ0v) is 22.2. The number of nitrogens with one attached hydrogen (secondary N) is 1. The highest BCUT2D eigenvalue weighted by Gasteiger charge is 2.46. The monoisotopic (exact) mass is 574 g/mol. The number of anilines is 1. The van der Waals surface area contributed by atoms with Crippen molar-refractivity contribution in [2.45, 2.75) is 31.2 Å². The van der Waals surface area contributed by atoms with Crippen molar-refractivity contribution in [1.29, 1.82) is 0 Å². The number of amides is 2. The van der Waals surface area contributed by atoms with Gasteiger partial charge in [0.25, 0.3) is 0 Å². The minimum absolute atomic E-state index is 0.0718. The molecule has 0 atom stereocenters. The maximum Gasteiger partial charge on any atom is 0.573 e. The van der Waals surface area contributed by atoms with Crippen molar-refractivity contribution in [2.24, 2.45) is 0 Å². The molecule has 40 heavy (non-hydrogen) atoms. The van der Waals surface area contributed by atoms with Gasteiger partial charge in [0.05, 0.1) is 5.69 Å². The molecule has 0 unspecified atom stereocenters. The summed E-state index contributed by atoms with van der Waals surface area (Å²) in [5, 5.41) is 3.91. The van der Waals surface area contributed by atoms with Gasteiger partial charge in [0, 0.05) is 42.3 Å². The molecule has 1 N–H and O–H groups in total. The molecule has 3 heterocycles. The number of rotatable bonds is 6. The number of halogens is 5. The molecule has 2 amide bonds. The van der Waals surface area contributed by atoms with Gasteiger partial charge in [-0.15, -0.1) is 13.2 Å². The van der Waals surface area contributed by atoms with Crippen molar-refractivity contribution in [2.75, 3.05) is 31.1 Å². The Kier molecular flexibility index (Phi) is 8.00. The Morgan fingerprint density at radius 2 is 1.88 bits per heavy atom. The average Bonchev–Trinajstić information content (AvgIpc) is 3.21. The van der Waals surface area contributed by atoms with Crippen molar-refractivity contribution in [3.63, 3.8) is 0 Å². The van der Waals surface area contributed by atoms with Gasteiger partial charge in [0.2, 0.25) is 5.95 Å². The number of hydrogen-bond acceptors (Lipinski definition) is 4. The number of hydrogen-bond donors (Lipinski definition) is 1. The smallest absolute Gasteiger partial charge is 0.406 e. The van der Waals surface area contributed by atoms with E-state index in [0.29, 0.717) is 22.8 Å². The minimum atomic E-state index is -4.86. The molecule has 2 aliphatic rings. The molecule has 0 saturated carbocycles. The summed E-state index contributed by atoms with van der Waals surface area (Å²) < 4.78 is 57.2. The molecule has 1 saturated heterocycles. The van der Waals surface area contributed by atoms with Crippen LogP contribution in [-0.4, -0.2) is 48.5 Å². The fourth-order valence-electron chi connectivity index (χ4n) is 5.39. The molecule has 1 spiro atoms. The van der Waals surface area contributed by atoms with Crippen molar-refractivity contribution < 1.29 is 27.1 Å². The van der Waals surface area contributed by atoms with Crippen LogP contribution in [0.15, 0.2) is 66.9 Å². The number of ether oxygens (including phenoxy) is 1. The Labute approximate surface area is 234 Å². The van der Waals surface area contributed by atoms with E-state index >= 15 is 0 Å². The third kappa shape index (κ3) is 6.39. The van der Waals surface area contributed by atoms with E-state index in [4.69, 9.17) is 11.6 Å². The maximum absolute atomic E-state index is 14.1. The van der Waals surface area contributed by atoms with Gasteiger partial charge in [-0.3, -0.25) is 4.90 Å². The number of urea groups is 1. The summed E-state index contributed by atoms with van der Waals surface area (Å²) in [5.74, 6) is -1.06. The zero-order valence-electron chi connectivity index (χ0n) is 21.4. The molecule has 1 aromatic heterocycles. The number of fused-ring (bicyclic) bond motifs is 2. The summed E-state index contributed by atoms with van der Waals surface area (Å²) in [5.41, 5.74) is 2.23. The molecular weight excluding hydrogens is 548 g/mol. The van der Waals surface area contributed by atoms with E-state index in [1.807, 2.05) is 18.2 Å². The lowest BCUT2D eigenvalue weighted by molar-refractivity contribution is -0.274. The molecule has 2 aromatic carbocycles. The first kappa shape index (κ1) is 27.9. The lowest BCUT2D eigenvalue weighted by atomic mass is 9.75. The number of benzene rings is 2. The second kappa shape index (κ2) is 11.5. The van der Waals surface area contributed by atoms with Gasteiger partial charge >= 0.3 is 12.4 Å². The number of piperidine rings is 1. The Balaban J connectivity index is 1.47. The second-order valence-corrected chi connectivity index (χ2v) is 10.4. The summed E-state index contributed by atoms with van der Waals surface area (Å²) >= 11 is 5.97. The maximum atomic E-state index is 14.1. The van der Waals surface area contributed by atoms with Gasteiger partial charge in [-0.2, -0.15) is 4.39 Å². The van der Waals surface area contributed by atoms with E-state index in [2.05, 4.69) is 15.0 Å². The van der Waals surface area contributed by atoms with E-state index in [1.165, 1.54) is 34.2 Å². The van der Waals surface area contributed by atoms with Crippen molar-refractivity contribution in [3.05, 3.63) is 94.5 Å². The Hall–Kier alpha value is -3.63. The summed E-state index contributed by atoms with van der Waals surface area (Å²) in [6.45, 7) is 2.02. The van der Waals surface area contributed by atoms with E-state index in [0.717, 1.165) is 37.1 Å². The molecule has 210 valence electrons. The first-order valence-corrected chi connectivity index (χ1v) is 13.2. The van der Waals surface area contributed by atoms with Gasteiger partial charge in [-0.1, -0.05) is 42.0 Å². The Morgan fingerprint density at radius 3 is 2.58 bits per heavy atom. The highest BCUT2D eigenvalue weighted by atomic mass is 35.5. The van der Waals surface area contributed by atoms with Crippen LogP contribution in [0.3, 0.4) is 0 Å². The number of alkyl halides is 3. The third-order valence-corrected chi connectivity index (χ3v) is 7.51. The SMILES string of the molecule is O=C(N(CC=Cc1ccc(Cl)cc1)Cc1ccnc(F)c1)N1CC2(CCNCC2)c2ccc(OC(F)(F)F)cc21. The highest BCUT2D eigenvalue weighted by Crippen LogP contribution is 2.48. The van der Waals surface area contributed by atoms with Crippen LogP contribution in [0.2, 0.25) is 5.02 Å². The van der Waals surface area contributed by atoms with Crippen LogP contribution in [0.5, 0.6) is 5.75 Å². The molecule has 3 aromatic rings. The van der Waals surface area contributed by atoms with E-state index in [9.17, 15) is 22.4 Å². The van der Waals surface area contributed by atoms with Crippen LogP contribution < -0.4 is 15.0 Å². The van der Waals surface area contributed by atoms with E-state index in [1.54, 1.807) is 30.3 Å². The standard InChI is InChI=1S/C29H27ClF4N4O2/c30-22-5-3-20(4-6-22)2-1-15-37(18-21-9-12-36-26(31)16-21)27(39)38-19-28(10-13-35-14-11-28)24-8-7-23(17-25(24)38)40-29(32,33)34/h1-9,12,16-17,35H,10-11,13-15,18-19H2. The first-order valence-electron chi connectivity index (χ1n) is 12.8. The largest absolute Gasteiger partial charge is 0.573 e. The fraction of sp³-hybridized carbons (Fsp3) is 0.310. The normalized spacial score (nSPS) is 16.4. The predicted octanol–water partition coefficient (Wildman–Crippen LogP) is 6.55.